The SMILES string of the molecule is CCOC1c2ccccc2NC(c2ccc(OS(=O)(=O)C(F)(F)C(F)(F)C(F)(F)C(F)(F)C(F)(F)C(F)(F)C(F)(F)C(F)(F)F)cc2)C1(C)C. The van der Waals surface area contributed by atoms with E-state index in [4.69, 9.17) is 4.74 Å². The Bertz CT molecular complexity index is 1660. The lowest BCUT2D eigenvalue weighted by Crippen LogP contribution is -2.75. The van der Waals surface area contributed by atoms with Crippen LogP contribution in [0, 0.1) is 5.41 Å². The quantitative estimate of drug-likeness (QED) is 0.172. The lowest BCUT2D eigenvalue weighted by molar-refractivity contribution is -0.458. The van der Waals surface area contributed by atoms with Crippen LogP contribution in [0.2, 0.25) is 0 Å². The second kappa shape index (κ2) is 12.2. The molecule has 0 fully saturated rings. The monoisotopic (exact) mass is 779 g/mol. The number of alkyl halides is 17. The Labute approximate surface area is 270 Å². The smallest absolute Gasteiger partial charge is 0.378 e. The van der Waals surface area contributed by atoms with Crippen molar-refractivity contribution in [1.29, 1.82) is 0 Å². The summed E-state index contributed by atoms with van der Waals surface area (Å²) in [6.07, 6.45) is -8.51. The summed E-state index contributed by atoms with van der Waals surface area (Å²) in [6, 6.07) is 8.79. The molecule has 1 aliphatic rings. The number of nitrogens with one attached hydrogen (secondary N) is 1. The molecule has 284 valence electrons. The lowest BCUT2D eigenvalue weighted by atomic mass is 9.70. The first-order valence-corrected chi connectivity index (χ1v) is 14.9. The highest BCUT2D eigenvalue weighted by Crippen LogP contribution is 2.64. The Morgan fingerprint density at radius 3 is 1.56 bits per heavy atom. The number of anilines is 1. The van der Waals surface area contributed by atoms with E-state index in [1.807, 2.05) is 0 Å². The van der Waals surface area contributed by atoms with Crippen molar-refractivity contribution in [2.24, 2.45) is 5.41 Å². The molecule has 1 heterocycles. The third-order valence-electron chi connectivity index (χ3n) is 7.72. The van der Waals surface area contributed by atoms with Gasteiger partial charge in [0.25, 0.3) is 0 Å². The largest absolute Gasteiger partial charge is 0.460 e. The van der Waals surface area contributed by atoms with Crippen LogP contribution in [0.4, 0.5) is 80.3 Å². The van der Waals surface area contributed by atoms with Gasteiger partial charge < -0.3 is 14.2 Å². The molecule has 23 heteroatoms. The molecule has 0 spiro atoms. The summed E-state index contributed by atoms with van der Waals surface area (Å²) in [5, 5.41) is -4.65. The molecule has 0 aromatic heterocycles. The van der Waals surface area contributed by atoms with E-state index in [0.717, 1.165) is 12.1 Å². The Hall–Kier alpha value is -3.24. The minimum atomic E-state index is -8.93. The predicted molar refractivity (Wildman–Crippen MR) is 138 cm³/mol. The molecule has 2 atom stereocenters. The molecule has 50 heavy (non-hydrogen) atoms. The molecule has 0 radical (unpaired) electrons. The molecular formula is C27H22F17NO4S. The van der Waals surface area contributed by atoms with Gasteiger partial charge in [0.15, 0.2) is 0 Å². The van der Waals surface area contributed by atoms with Gasteiger partial charge in [0.05, 0.1) is 12.1 Å². The van der Waals surface area contributed by atoms with Gasteiger partial charge in [-0.3, -0.25) is 0 Å². The molecule has 5 nitrogen and oxygen atoms in total. The van der Waals surface area contributed by atoms with Crippen LogP contribution in [0.3, 0.4) is 0 Å². The van der Waals surface area contributed by atoms with Crippen LogP contribution in [0.1, 0.15) is 44.0 Å². The number of benzene rings is 2. The van der Waals surface area contributed by atoms with Gasteiger partial charge in [-0.15, -0.1) is 0 Å². The summed E-state index contributed by atoms with van der Waals surface area (Å²) in [6.45, 7) is 5.33. The van der Waals surface area contributed by atoms with Gasteiger partial charge in [0.2, 0.25) is 0 Å². The van der Waals surface area contributed by atoms with Gasteiger partial charge in [-0.2, -0.15) is 83.1 Å². The van der Waals surface area contributed by atoms with Crippen LogP contribution in [0.25, 0.3) is 0 Å². The second-order valence-corrected chi connectivity index (χ2v) is 13.0. The van der Waals surface area contributed by atoms with Crippen molar-refractivity contribution in [3.63, 3.8) is 0 Å². The number of halogens is 17. The molecular weight excluding hydrogens is 757 g/mol. The number of rotatable bonds is 12. The maximum Gasteiger partial charge on any atom is 0.460 e. The summed E-state index contributed by atoms with van der Waals surface area (Å²) in [5.41, 5.74) is 0.584. The molecule has 2 aromatic carbocycles. The zero-order valence-electron chi connectivity index (χ0n) is 24.9. The molecule has 0 amide bonds. The molecule has 0 saturated heterocycles. The van der Waals surface area contributed by atoms with Crippen LogP contribution in [0.15, 0.2) is 48.5 Å². The Morgan fingerprint density at radius 2 is 1.10 bits per heavy atom. The molecule has 2 aromatic rings. The second-order valence-electron chi connectivity index (χ2n) is 11.4. The van der Waals surface area contributed by atoms with E-state index < -0.39 is 80.4 Å². The first-order chi connectivity index (χ1) is 22.2. The van der Waals surface area contributed by atoms with Crippen molar-refractivity contribution in [3.8, 4) is 5.75 Å². The molecule has 0 saturated carbocycles. The molecule has 0 bridgehead atoms. The van der Waals surface area contributed by atoms with Crippen molar-refractivity contribution in [3.05, 3.63) is 59.7 Å². The summed E-state index contributed by atoms with van der Waals surface area (Å²) in [5.74, 6) is -53.6. The summed E-state index contributed by atoms with van der Waals surface area (Å²) < 4.78 is 264. The first-order valence-electron chi connectivity index (χ1n) is 13.4. The van der Waals surface area contributed by atoms with Crippen molar-refractivity contribution in [2.75, 3.05) is 11.9 Å². The molecule has 1 N–H and O–H groups in total. The molecule has 1 aliphatic heterocycles. The molecule has 3 rings (SSSR count). The van der Waals surface area contributed by atoms with Gasteiger partial charge in [-0.25, -0.2) is 0 Å². The van der Waals surface area contributed by atoms with Crippen LogP contribution < -0.4 is 9.50 Å². The fourth-order valence-electron chi connectivity index (χ4n) is 4.94. The van der Waals surface area contributed by atoms with E-state index in [2.05, 4.69) is 9.50 Å². The highest BCUT2D eigenvalue weighted by Gasteiger charge is 2.96. The van der Waals surface area contributed by atoms with Crippen LogP contribution in [-0.2, 0) is 14.9 Å². The third kappa shape index (κ3) is 5.78. The first kappa shape index (κ1) is 41.2. The highest BCUT2D eigenvalue weighted by molar-refractivity contribution is 7.88. The maximum absolute atomic E-state index is 14.5. The number of hydrogen-bond acceptors (Lipinski definition) is 5. The minimum Gasteiger partial charge on any atom is -0.378 e. The number of fused-ring (bicyclic) bond motifs is 1. The Morgan fingerprint density at radius 1 is 0.660 bits per heavy atom. The Kier molecular flexibility index (Phi) is 10.0. The zero-order valence-corrected chi connectivity index (χ0v) is 25.8. The van der Waals surface area contributed by atoms with Gasteiger partial charge in [0.1, 0.15) is 5.75 Å². The van der Waals surface area contributed by atoms with E-state index in [1.165, 1.54) is 0 Å². The van der Waals surface area contributed by atoms with Crippen LogP contribution in [0.5, 0.6) is 5.75 Å². The lowest BCUT2D eigenvalue weighted by Gasteiger charge is -2.46. The minimum absolute atomic E-state index is 0.195. The van der Waals surface area contributed by atoms with Gasteiger partial charge in [-0.1, -0.05) is 44.2 Å². The topological polar surface area (TPSA) is 64.6 Å². The van der Waals surface area contributed by atoms with E-state index >= 15 is 0 Å². The average molecular weight is 780 g/mol. The standard InChI is InChI=1S/C27H22F17NO4S/c1-4-48-18-15-7-5-6-8-16(15)45-17(19(18,2)3)13-9-11-14(12-10-13)49-50(46,47)27(43,44)25(38,39)23(34,35)21(30,31)20(28,29)22(32,33)24(36,37)26(40,41)42/h5-12,17-18,45H,4H2,1-3H3. The predicted octanol–water partition coefficient (Wildman–Crippen LogP) is 9.63. The van der Waals surface area contributed by atoms with Crippen molar-refractivity contribution in [1.82, 2.24) is 0 Å². The Balaban J connectivity index is 1.98. The summed E-state index contributed by atoms with van der Waals surface area (Å²) in [4.78, 5) is 0. The van der Waals surface area contributed by atoms with E-state index in [1.54, 1.807) is 45.0 Å². The van der Waals surface area contributed by atoms with Crippen LogP contribution >= 0.6 is 0 Å². The molecule has 2 unspecified atom stereocenters. The van der Waals surface area contributed by atoms with Gasteiger partial charge in [0, 0.05) is 23.3 Å². The van der Waals surface area contributed by atoms with Crippen molar-refractivity contribution in [2.45, 2.75) is 79.9 Å². The fraction of sp³-hybridized carbons (Fsp3) is 0.556. The summed E-state index contributed by atoms with van der Waals surface area (Å²) in [7, 11) is -7.76. The van der Waals surface area contributed by atoms with E-state index in [0.29, 0.717) is 23.4 Å². The van der Waals surface area contributed by atoms with Crippen LogP contribution in [-0.4, -0.2) is 62.0 Å². The molecule has 0 aliphatic carbocycles. The fourth-order valence-corrected chi connectivity index (χ4v) is 5.85. The average Bonchev–Trinajstić information content (AvgIpc) is 2.97. The number of para-hydroxylation sites is 1. The maximum atomic E-state index is 14.5. The number of hydrogen-bond donors (Lipinski definition) is 1. The summed E-state index contributed by atoms with van der Waals surface area (Å²) >= 11 is 0. The third-order valence-corrected chi connectivity index (χ3v) is 9.02. The van der Waals surface area contributed by atoms with Crippen molar-refractivity contribution < 1.29 is 92.0 Å². The van der Waals surface area contributed by atoms with Crippen molar-refractivity contribution >= 4 is 15.8 Å². The normalized spacial score (nSPS) is 19.8. The highest BCUT2D eigenvalue weighted by atomic mass is 32.2. The zero-order chi connectivity index (χ0) is 38.9. The van der Waals surface area contributed by atoms with E-state index in [9.17, 15) is 83.1 Å². The van der Waals surface area contributed by atoms with Gasteiger partial charge >= 0.3 is 57.1 Å². The van der Waals surface area contributed by atoms with E-state index in [-0.39, 0.29) is 12.2 Å². The number of ether oxygens (including phenoxy) is 1. The van der Waals surface area contributed by atoms with Gasteiger partial charge in [-0.05, 0) is 30.7 Å².